The Labute approximate surface area is 104 Å². The SMILES string of the molecule is CCc1ccc(-c2nnc(CCCl)s2)cc1. The first-order valence-corrected chi connectivity index (χ1v) is 6.66. The van der Waals surface area contributed by atoms with Crippen molar-refractivity contribution in [1.82, 2.24) is 10.2 Å². The van der Waals surface area contributed by atoms with Crippen LogP contribution in [0.2, 0.25) is 0 Å². The molecule has 0 unspecified atom stereocenters. The second-order valence-corrected chi connectivity index (χ2v) is 4.93. The highest BCUT2D eigenvalue weighted by molar-refractivity contribution is 7.14. The van der Waals surface area contributed by atoms with Gasteiger partial charge < -0.3 is 0 Å². The van der Waals surface area contributed by atoms with Gasteiger partial charge in [0.25, 0.3) is 0 Å². The molecule has 0 aliphatic rings. The molecule has 0 aliphatic heterocycles. The second kappa shape index (κ2) is 5.41. The molecule has 0 bridgehead atoms. The Bertz CT molecular complexity index is 450. The topological polar surface area (TPSA) is 25.8 Å². The van der Waals surface area contributed by atoms with Gasteiger partial charge in [0, 0.05) is 17.9 Å². The number of nitrogens with zero attached hydrogens (tertiary/aromatic N) is 2. The lowest BCUT2D eigenvalue weighted by atomic mass is 10.1. The van der Waals surface area contributed by atoms with Gasteiger partial charge in [-0.25, -0.2) is 0 Å². The number of rotatable bonds is 4. The molecule has 0 aliphatic carbocycles. The Morgan fingerprint density at radius 1 is 1.19 bits per heavy atom. The summed E-state index contributed by atoms with van der Waals surface area (Å²) in [6, 6.07) is 8.48. The van der Waals surface area contributed by atoms with E-state index in [2.05, 4.69) is 41.4 Å². The van der Waals surface area contributed by atoms with Gasteiger partial charge in [0.2, 0.25) is 0 Å². The monoisotopic (exact) mass is 252 g/mol. The van der Waals surface area contributed by atoms with Gasteiger partial charge in [-0.05, 0) is 12.0 Å². The van der Waals surface area contributed by atoms with Crippen molar-refractivity contribution < 1.29 is 0 Å². The van der Waals surface area contributed by atoms with Crippen LogP contribution >= 0.6 is 22.9 Å². The molecule has 0 radical (unpaired) electrons. The lowest BCUT2D eigenvalue weighted by molar-refractivity contribution is 0.989. The molecule has 1 heterocycles. The van der Waals surface area contributed by atoms with Crippen LogP contribution in [-0.2, 0) is 12.8 Å². The fourth-order valence-electron chi connectivity index (χ4n) is 1.44. The van der Waals surface area contributed by atoms with E-state index in [1.807, 2.05) is 0 Å². The third kappa shape index (κ3) is 2.60. The molecule has 16 heavy (non-hydrogen) atoms. The van der Waals surface area contributed by atoms with E-state index in [1.165, 1.54) is 5.56 Å². The molecule has 0 saturated carbocycles. The van der Waals surface area contributed by atoms with Crippen LogP contribution in [0.15, 0.2) is 24.3 Å². The summed E-state index contributed by atoms with van der Waals surface area (Å²) in [5, 5.41) is 10.3. The summed E-state index contributed by atoms with van der Waals surface area (Å²) in [5.41, 5.74) is 2.48. The summed E-state index contributed by atoms with van der Waals surface area (Å²) in [6.45, 7) is 2.15. The van der Waals surface area contributed by atoms with E-state index in [1.54, 1.807) is 11.3 Å². The number of aryl methyl sites for hydroxylation is 2. The van der Waals surface area contributed by atoms with Gasteiger partial charge in [-0.2, -0.15) is 0 Å². The van der Waals surface area contributed by atoms with Crippen molar-refractivity contribution in [3.8, 4) is 10.6 Å². The molecule has 0 N–H and O–H groups in total. The lowest BCUT2D eigenvalue weighted by Crippen LogP contribution is -1.83. The minimum Gasteiger partial charge on any atom is -0.143 e. The zero-order valence-corrected chi connectivity index (χ0v) is 10.7. The Hall–Kier alpha value is -0.930. The Kier molecular flexibility index (Phi) is 3.91. The summed E-state index contributed by atoms with van der Waals surface area (Å²) < 4.78 is 0. The molecule has 4 heteroatoms. The van der Waals surface area contributed by atoms with Crippen LogP contribution in [0.3, 0.4) is 0 Å². The molecule has 2 rings (SSSR count). The van der Waals surface area contributed by atoms with E-state index in [0.29, 0.717) is 5.88 Å². The third-order valence-electron chi connectivity index (χ3n) is 2.38. The van der Waals surface area contributed by atoms with E-state index in [9.17, 15) is 0 Å². The highest BCUT2D eigenvalue weighted by Crippen LogP contribution is 2.24. The number of alkyl halides is 1. The number of benzene rings is 1. The first-order chi connectivity index (χ1) is 7.83. The van der Waals surface area contributed by atoms with Crippen LogP contribution in [0, 0.1) is 0 Å². The Balaban J connectivity index is 2.21. The molecule has 84 valence electrons. The van der Waals surface area contributed by atoms with E-state index >= 15 is 0 Å². The van der Waals surface area contributed by atoms with Crippen LogP contribution in [0.1, 0.15) is 17.5 Å². The van der Waals surface area contributed by atoms with Crippen molar-refractivity contribution in [1.29, 1.82) is 0 Å². The molecular formula is C12H13ClN2S. The standard InChI is InChI=1S/C12H13ClN2S/c1-2-9-3-5-10(6-4-9)12-15-14-11(16-12)7-8-13/h3-6H,2,7-8H2,1H3. The van der Waals surface area contributed by atoms with Crippen molar-refractivity contribution in [2.45, 2.75) is 19.8 Å². The maximum atomic E-state index is 5.67. The van der Waals surface area contributed by atoms with Gasteiger partial charge in [0.1, 0.15) is 10.0 Å². The third-order valence-corrected chi connectivity index (χ3v) is 3.61. The van der Waals surface area contributed by atoms with Crippen LogP contribution < -0.4 is 0 Å². The van der Waals surface area contributed by atoms with Crippen molar-refractivity contribution in [2.24, 2.45) is 0 Å². The normalized spacial score (nSPS) is 10.6. The van der Waals surface area contributed by atoms with Crippen molar-refractivity contribution in [3.63, 3.8) is 0 Å². The van der Waals surface area contributed by atoms with Gasteiger partial charge in [0.15, 0.2) is 0 Å². The minimum atomic E-state index is 0.601. The van der Waals surface area contributed by atoms with Gasteiger partial charge in [0.05, 0.1) is 0 Å². The summed E-state index contributed by atoms with van der Waals surface area (Å²) >= 11 is 7.29. The van der Waals surface area contributed by atoms with Crippen molar-refractivity contribution >= 4 is 22.9 Å². The average molecular weight is 253 g/mol. The van der Waals surface area contributed by atoms with Crippen LogP contribution in [-0.4, -0.2) is 16.1 Å². The number of aromatic nitrogens is 2. The lowest BCUT2D eigenvalue weighted by Gasteiger charge is -1.97. The fourth-order valence-corrected chi connectivity index (χ4v) is 2.57. The Morgan fingerprint density at radius 2 is 1.94 bits per heavy atom. The minimum absolute atomic E-state index is 0.601. The molecule has 0 atom stereocenters. The largest absolute Gasteiger partial charge is 0.147 e. The van der Waals surface area contributed by atoms with Crippen LogP contribution in [0.25, 0.3) is 10.6 Å². The van der Waals surface area contributed by atoms with E-state index < -0.39 is 0 Å². The zero-order chi connectivity index (χ0) is 11.4. The molecule has 1 aromatic carbocycles. The molecule has 2 aromatic rings. The maximum absolute atomic E-state index is 5.67. The Morgan fingerprint density at radius 3 is 2.56 bits per heavy atom. The first kappa shape index (κ1) is 11.6. The number of hydrogen-bond acceptors (Lipinski definition) is 3. The molecule has 0 amide bonds. The fraction of sp³-hybridized carbons (Fsp3) is 0.333. The molecule has 0 saturated heterocycles. The second-order valence-electron chi connectivity index (χ2n) is 3.49. The van der Waals surface area contributed by atoms with Gasteiger partial charge in [-0.3, -0.25) is 0 Å². The molecular weight excluding hydrogens is 240 g/mol. The van der Waals surface area contributed by atoms with Crippen LogP contribution in [0.5, 0.6) is 0 Å². The highest BCUT2D eigenvalue weighted by atomic mass is 35.5. The molecule has 1 aromatic heterocycles. The van der Waals surface area contributed by atoms with Crippen molar-refractivity contribution in [2.75, 3.05) is 5.88 Å². The summed E-state index contributed by atoms with van der Waals surface area (Å²) in [6.07, 6.45) is 1.86. The molecule has 2 nitrogen and oxygen atoms in total. The number of hydrogen-bond donors (Lipinski definition) is 0. The van der Waals surface area contributed by atoms with Crippen LogP contribution in [0.4, 0.5) is 0 Å². The highest BCUT2D eigenvalue weighted by Gasteiger charge is 2.05. The van der Waals surface area contributed by atoms with Gasteiger partial charge in [-0.15, -0.1) is 21.8 Å². The summed E-state index contributed by atoms with van der Waals surface area (Å²) in [4.78, 5) is 0. The average Bonchev–Trinajstić information content (AvgIpc) is 2.78. The molecule has 0 spiro atoms. The van der Waals surface area contributed by atoms with E-state index in [4.69, 9.17) is 11.6 Å². The molecule has 0 fully saturated rings. The first-order valence-electron chi connectivity index (χ1n) is 5.31. The van der Waals surface area contributed by atoms with Crippen molar-refractivity contribution in [3.05, 3.63) is 34.8 Å². The summed E-state index contributed by atoms with van der Waals surface area (Å²) in [5.74, 6) is 0.601. The quantitative estimate of drug-likeness (QED) is 0.778. The predicted molar refractivity (Wildman–Crippen MR) is 69.1 cm³/mol. The van der Waals surface area contributed by atoms with Gasteiger partial charge >= 0.3 is 0 Å². The van der Waals surface area contributed by atoms with Gasteiger partial charge in [-0.1, -0.05) is 42.5 Å². The number of halogens is 1. The zero-order valence-electron chi connectivity index (χ0n) is 9.11. The maximum Gasteiger partial charge on any atom is 0.147 e. The predicted octanol–water partition coefficient (Wildman–Crippen LogP) is 3.55. The smallest absolute Gasteiger partial charge is 0.143 e. The van der Waals surface area contributed by atoms with E-state index in [0.717, 1.165) is 28.4 Å². The van der Waals surface area contributed by atoms with E-state index in [-0.39, 0.29) is 0 Å². The summed E-state index contributed by atoms with van der Waals surface area (Å²) in [7, 11) is 0.